The normalized spacial score (nSPS) is 25.8. The van der Waals surface area contributed by atoms with Gasteiger partial charge in [0, 0.05) is 16.9 Å². The Morgan fingerprint density at radius 2 is 1.73 bits per heavy atom. The van der Waals surface area contributed by atoms with Crippen molar-refractivity contribution in [2.24, 2.45) is 10.2 Å². The number of rotatable bonds is 6. The van der Waals surface area contributed by atoms with Gasteiger partial charge in [-0.3, -0.25) is 4.79 Å². The molecule has 0 spiro atoms. The molecule has 0 radical (unpaired) electrons. The Morgan fingerprint density at radius 3 is 2.23 bits per heavy atom. The first-order valence-corrected chi connectivity index (χ1v) is 7.96. The second-order valence-electron chi connectivity index (χ2n) is 5.84. The number of hydrogen-bond acceptors (Lipinski definition) is 7. The van der Waals surface area contributed by atoms with Gasteiger partial charge in [0.05, 0.1) is 12.6 Å². The first kappa shape index (κ1) is 23.2. The summed E-state index contributed by atoms with van der Waals surface area (Å²) in [5, 5.41) is 27.8. The SMILES string of the molecule is CO[C@H]1OC(CN=[N+]=[N-])[C@H](O)[C@H](O)C1NC(=O)c1c(F)c(F)c(N=[N+]=[N-])c(F)c1F. The molecule has 1 aliphatic heterocycles. The van der Waals surface area contributed by atoms with E-state index in [9.17, 15) is 32.6 Å². The summed E-state index contributed by atoms with van der Waals surface area (Å²) in [4.78, 5) is 16.8. The highest BCUT2D eigenvalue weighted by Gasteiger charge is 2.45. The highest BCUT2D eigenvalue weighted by molar-refractivity contribution is 5.95. The van der Waals surface area contributed by atoms with Crippen LogP contribution in [0.1, 0.15) is 10.4 Å². The number of aliphatic hydroxyl groups is 2. The Bertz CT molecular complexity index is 907. The van der Waals surface area contributed by atoms with Crippen molar-refractivity contribution in [3.8, 4) is 0 Å². The molecule has 1 aliphatic rings. The zero-order valence-corrected chi connectivity index (χ0v) is 14.9. The van der Waals surface area contributed by atoms with Gasteiger partial charge in [-0.2, -0.15) is 0 Å². The molecular weight excluding hydrogens is 422 g/mol. The van der Waals surface area contributed by atoms with Gasteiger partial charge in [0.25, 0.3) is 5.91 Å². The van der Waals surface area contributed by atoms with Crippen LogP contribution in [-0.4, -0.2) is 60.4 Å². The molecule has 0 aliphatic carbocycles. The fraction of sp³-hybridized carbons (Fsp3) is 0.500. The van der Waals surface area contributed by atoms with E-state index in [1.165, 1.54) is 0 Å². The predicted molar refractivity (Wildman–Crippen MR) is 88.0 cm³/mol. The number of carbonyl (C=O) groups is 1. The monoisotopic (exact) mass is 435 g/mol. The van der Waals surface area contributed by atoms with Crippen LogP contribution >= 0.6 is 0 Å². The molecule has 2 unspecified atom stereocenters. The van der Waals surface area contributed by atoms with Gasteiger partial charge in [-0.25, -0.2) is 17.6 Å². The Labute approximate surface area is 164 Å². The molecule has 1 fully saturated rings. The second kappa shape index (κ2) is 9.58. The maximum Gasteiger partial charge on any atom is 0.257 e. The Hall–Kier alpha value is -3.13. The third-order valence-corrected chi connectivity index (χ3v) is 4.17. The van der Waals surface area contributed by atoms with E-state index >= 15 is 0 Å². The first-order valence-electron chi connectivity index (χ1n) is 7.96. The van der Waals surface area contributed by atoms with Crippen LogP contribution in [0.4, 0.5) is 23.2 Å². The molecule has 1 aromatic rings. The standard InChI is InChI=1S/C14H13F4N7O5/c1-29-14-10(12(27)11(26)3(30-14)2-21-24-19)22-13(28)4-5(15)7(17)9(23-25-20)8(18)6(4)16/h3,10-12,14,26-27H,2H2,1H3,(H,22,28)/t3?,10?,11-,12+,14-/m0/s1. The van der Waals surface area contributed by atoms with Gasteiger partial charge in [-0.1, -0.05) is 10.2 Å². The van der Waals surface area contributed by atoms with Crippen LogP contribution in [0.5, 0.6) is 0 Å². The zero-order chi connectivity index (χ0) is 22.6. The van der Waals surface area contributed by atoms with Gasteiger partial charge in [0.2, 0.25) is 0 Å². The molecule has 1 saturated heterocycles. The number of halogens is 4. The molecule has 1 aromatic carbocycles. The van der Waals surface area contributed by atoms with Gasteiger partial charge in [-0.15, -0.1) is 0 Å². The van der Waals surface area contributed by atoms with Crippen molar-refractivity contribution in [2.75, 3.05) is 13.7 Å². The van der Waals surface area contributed by atoms with E-state index in [-0.39, 0.29) is 0 Å². The number of amides is 1. The summed E-state index contributed by atoms with van der Waals surface area (Å²) in [7, 11) is 1.06. The maximum absolute atomic E-state index is 14.1. The lowest BCUT2D eigenvalue weighted by Gasteiger charge is -2.42. The smallest absolute Gasteiger partial charge is 0.257 e. The average Bonchev–Trinajstić information content (AvgIpc) is 2.72. The Morgan fingerprint density at radius 1 is 1.13 bits per heavy atom. The number of azide groups is 2. The largest absolute Gasteiger partial charge is 0.388 e. The molecule has 0 bridgehead atoms. The van der Waals surface area contributed by atoms with Crippen LogP contribution < -0.4 is 5.32 Å². The molecule has 30 heavy (non-hydrogen) atoms. The van der Waals surface area contributed by atoms with Crippen molar-refractivity contribution in [1.29, 1.82) is 0 Å². The quantitative estimate of drug-likeness (QED) is 0.201. The van der Waals surface area contributed by atoms with E-state index in [1.807, 2.05) is 10.2 Å². The highest BCUT2D eigenvalue weighted by Crippen LogP contribution is 2.31. The van der Waals surface area contributed by atoms with E-state index < -0.39 is 77.6 Å². The van der Waals surface area contributed by atoms with Gasteiger partial charge in [0.1, 0.15) is 29.5 Å². The van der Waals surface area contributed by atoms with Crippen molar-refractivity contribution in [1.82, 2.24) is 5.32 Å². The number of nitrogens with zero attached hydrogens (tertiary/aromatic N) is 6. The lowest BCUT2D eigenvalue weighted by Crippen LogP contribution is -2.64. The molecular formula is C14H13F4N7O5. The predicted octanol–water partition coefficient (Wildman–Crippen LogP) is 1.69. The number of nitrogens with one attached hydrogen (secondary N) is 1. The van der Waals surface area contributed by atoms with Gasteiger partial charge in [0.15, 0.2) is 29.6 Å². The minimum Gasteiger partial charge on any atom is -0.388 e. The minimum atomic E-state index is -2.16. The summed E-state index contributed by atoms with van der Waals surface area (Å²) in [6.07, 6.45) is -6.34. The van der Waals surface area contributed by atoms with E-state index in [2.05, 4.69) is 15.1 Å². The lowest BCUT2D eigenvalue weighted by molar-refractivity contribution is -0.252. The molecule has 12 nitrogen and oxygen atoms in total. The van der Waals surface area contributed by atoms with Crippen LogP contribution in [0, 0.1) is 23.3 Å². The highest BCUT2D eigenvalue weighted by atomic mass is 19.2. The Balaban J connectivity index is 2.37. The van der Waals surface area contributed by atoms with Crippen LogP contribution in [0.2, 0.25) is 0 Å². The van der Waals surface area contributed by atoms with Crippen LogP contribution in [0.3, 0.4) is 0 Å². The summed E-state index contributed by atoms with van der Waals surface area (Å²) >= 11 is 0. The van der Waals surface area contributed by atoms with E-state index in [4.69, 9.17) is 20.5 Å². The van der Waals surface area contributed by atoms with Crippen LogP contribution in [0.25, 0.3) is 20.9 Å². The van der Waals surface area contributed by atoms with Gasteiger partial charge < -0.3 is 25.0 Å². The second-order valence-corrected chi connectivity index (χ2v) is 5.84. The molecule has 1 heterocycles. The number of carbonyl (C=O) groups excluding carboxylic acids is 1. The topological polar surface area (TPSA) is 186 Å². The van der Waals surface area contributed by atoms with Crippen molar-refractivity contribution < 1.29 is 42.0 Å². The van der Waals surface area contributed by atoms with Crippen molar-refractivity contribution in [3.63, 3.8) is 0 Å². The molecule has 16 heteroatoms. The number of benzene rings is 1. The summed E-state index contributed by atoms with van der Waals surface area (Å²) < 4.78 is 66.1. The van der Waals surface area contributed by atoms with E-state index in [0.29, 0.717) is 0 Å². The first-order chi connectivity index (χ1) is 14.2. The number of methoxy groups -OCH3 is 1. The third kappa shape index (κ3) is 4.23. The summed E-state index contributed by atoms with van der Waals surface area (Å²) in [5.41, 5.74) is 13.2. The zero-order valence-electron chi connectivity index (χ0n) is 14.9. The molecule has 162 valence electrons. The van der Waals surface area contributed by atoms with Crippen molar-refractivity contribution >= 4 is 11.6 Å². The molecule has 5 atom stereocenters. The van der Waals surface area contributed by atoms with E-state index in [1.54, 1.807) is 0 Å². The van der Waals surface area contributed by atoms with Crippen molar-refractivity contribution in [3.05, 3.63) is 49.7 Å². The number of hydrogen-bond donors (Lipinski definition) is 3. The summed E-state index contributed by atoms with van der Waals surface area (Å²) in [5.74, 6) is -10.3. The van der Waals surface area contributed by atoms with Crippen LogP contribution in [-0.2, 0) is 9.47 Å². The molecule has 0 saturated carbocycles. The van der Waals surface area contributed by atoms with Gasteiger partial charge >= 0.3 is 0 Å². The third-order valence-electron chi connectivity index (χ3n) is 4.17. The maximum atomic E-state index is 14.1. The molecule has 1 amide bonds. The lowest BCUT2D eigenvalue weighted by atomic mass is 9.96. The summed E-state index contributed by atoms with van der Waals surface area (Å²) in [6, 6.07) is -1.65. The number of ether oxygens (including phenoxy) is 2. The fourth-order valence-corrected chi connectivity index (χ4v) is 2.73. The molecule has 2 rings (SSSR count). The minimum absolute atomic E-state index is 0.421. The van der Waals surface area contributed by atoms with E-state index in [0.717, 1.165) is 7.11 Å². The van der Waals surface area contributed by atoms with Gasteiger partial charge in [-0.05, 0) is 11.1 Å². The van der Waals surface area contributed by atoms with Crippen LogP contribution in [0.15, 0.2) is 10.2 Å². The average molecular weight is 435 g/mol. The molecule has 0 aromatic heterocycles. The fourth-order valence-electron chi connectivity index (χ4n) is 2.73. The van der Waals surface area contributed by atoms with Crippen molar-refractivity contribution in [2.45, 2.75) is 30.6 Å². The Kier molecular flexibility index (Phi) is 7.39. The molecule has 3 N–H and O–H groups in total. The summed E-state index contributed by atoms with van der Waals surface area (Å²) in [6.45, 7) is -0.421. The number of aliphatic hydroxyl groups excluding tert-OH is 2.